The molecule has 0 unspecified atom stereocenters. The number of H-pyrrole nitrogens is 1. The highest BCUT2D eigenvalue weighted by Crippen LogP contribution is 2.18. The number of nitrogens with one attached hydrogen (secondary N) is 2. The van der Waals surface area contributed by atoms with E-state index in [0.29, 0.717) is 31.9 Å². The molecule has 6 nitrogen and oxygen atoms in total. The predicted octanol–water partition coefficient (Wildman–Crippen LogP) is 2.74. The molecule has 1 aliphatic rings. The van der Waals surface area contributed by atoms with Crippen molar-refractivity contribution in [3.05, 3.63) is 80.9 Å². The number of aryl methyl sites for hydroxylation is 1. The number of amides is 1. The molecule has 1 aliphatic heterocycles. The van der Waals surface area contributed by atoms with Gasteiger partial charge < -0.3 is 15.0 Å². The van der Waals surface area contributed by atoms with Crippen LogP contribution in [0.3, 0.4) is 0 Å². The van der Waals surface area contributed by atoms with Gasteiger partial charge in [0.2, 0.25) is 5.43 Å². The van der Waals surface area contributed by atoms with E-state index in [0.717, 1.165) is 24.2 Å². The number of pyridine rings is 1. The lowest BCUT2D eigenvalue weighted by Crippen LogP contribution is -2.35. The summed E-state index contributed by atoms with van der Waals surface area (Å²) in [6, 6.07) is 10.9. The Morgan fingerprint density at radius 2 is 1.90 bits per heavy atom. The normalized spacial score (nSPS) is 14.7. The minimum absolute atomic E-state index is 0.0301. The number of hydrogen-bond acceptors (Lipinski definition) is 4. The summed E-state index contributed by atoms with van der Waals surface area (Å²) in [5.74, 6) is -0.989. The Kier molecular flexibility index (Phi) is 5.92. The van der Waals surface area contributed by atoms with Crippen LogP contribution in [0.5, 0.6) is 0 Å². The lowest BCUT2D eigenvalue weighted by atomic mass is 10.1. The van der Waals surface area contributed by atoms with Crippen LogP contribution in [-0.2, 0) is 17.8 Å². The molecule has 7 heteroatoms. The summed E-state index contributed by atoms with van der Waals surface area (Å²) in [6.45, 7) is 5.63. The number of morpholine rings is 1. The van der Waals surface area contributed by atoms with E-state index in [-0.39, 0.29) is 16.5 Å². The van der Waals surface area contributed by atoms with Crippen LogP contribution in [0.4, 0.5) is 4.39 Å². The first kappa shape index (κ1) is 20.3. The number of ether oxygens (including phenoxy) is 1. The molecule has 2 heterocycles. The minimum Gasteiger partial charge on any atom is -0.379 e. The zero-order valence-corrected chi connectivity index (χ0v) is 16.8. The Morgan fingerprint density at radius 3 is 2.63 bits per heavy atom. The number of benzene rings is 2. The number of hydrogen-bond donors (Lipinski definition) is 2. The smallest absolute Gasteiger partial charge is 0.257 e. The van der Waals surface area contributed by atoms with Crippen molar-refractivity contribution < 1.29 is 13.9 Å². The molecule has 0 aliphatic carbocycles. The van der Waals surface area contributed by atoms with E-state index in [1.54, 1.807) is 6.07 Å². The fraction of sp³-hybridized carbons (Fsp3) is 0.304. The summed E-state index contributed by atoms with van der Waals surface area (Å²) >= 11 is 0. The van der Waals surface area contributed by atoms with Gasteiger partial charge in [-0.25, -0.2) is 4.39 Å². The van der Waals surface area contributed by atoms with Crippen LogP contribution in [0.2, 0.25) is 0 Å². The maximum absolute atomic E-state index is 14.6. The van der Waals surface area contributed by atoms with Crippen molar-refractivity contribution in [1.29, 1.82) is 0 Å². The molecular formula is C23H24FN3O3. The number of carbonyl (C=O) groups excluding carboxylic acids is 1. The Morgan fingerprint density at radius 1 is 1.17 bits per heavy atom. The molecule has 30 heavy (non-hydrogen) atoms. The first-order valence-corrected chi connectivity index (χ1v) is 9.99. The number of fused-ring (bicyclic) bond motifs is 1. The van der Waals surface area contributed by atoms with E-state index in [1.165, 1.54) is 12.3 Å². The molecule has 0 saturated carbocycles. The van der Waals surface area contributed by atoms with Gasteiger partial charge in [0.25, 0.3) is 5.91 Å². The van der Waals surface area contributed by atoms with Crippen molar-refractivity contribution >= 4 is 16.8 Å². The van der Waals surface area contributed by atoms with Gasteiger partial charge in [0, 0.05) is 37.8 Å². The van der Waals surface area contributed by atoms with E-state index >= 15 is 0 Å². The standard InChI is InChI=1S/C23H24FN3O3/c1-15-2-4-16(5-3-15)12-26-23(29)19-13-25-21-18(22(19)28)10-17(11-20(21)24)14-27-6-8-30-9-7-27/h2-5,10-11,13H,6-9,12,14H2,1H3,(H,25,28)(H,26,29). The summed E-state index contributed by atoms with van der Waals surface area (Å²) < 4.78 is 19.9. The summed E-state index contributed by atoms with van der Waals surface area (Å²) in [4.78, 5) is 30.5. The van der Waals surface area contributed by atoms with E-state index in [2.05, 4.69) is 15.2 Å². The van der Waals surface area contributed by atoms with Crippen molar-refractivity contribution in [2.24, 2.45) is 0 Å². The van der Waals surface area contributed by atoms with Gasteiger partial charge in [-0.2, -0.15) is 0 Å². The number of halogens is 1. The van der Waals surface area contributed by atoms with E-state index < -0.39 is 17.2 Å². The number of rotatable bonds is 5. The van der Waals surface area contributed by atoms with Gasteiger partial charge in [-0.15, -0.1) is 0 Å². The molecule has 0 spiro atoms. The molecule has 1 amide bonds. The predicted molar refractivity (Wildman–Crippen MR) is 113 cm³/mol. The molecule has 1 aromatic heterocycles. The molecule has 0 atom stereocenters. The van der Waals surface area contributed by atoms with Gasteiger partial charge in [0.1, 0.15) is 11.4 Å². The van der Waals surface area contributed by atoms with Crippen LogP contribution in [0.25, 0.3) is 10.9 Å². The fourth-order valence-corrected chi connectivity index (χ4v) is 3.60. The molecule has 0 radical (unpaired) electrons. The Bertz CT molecular complexity index is 1120. The highest BCUT2D eigenvalue weighted by molar-refractivity contribution is 5.97. The second kappa shape index (κ2) is 8.77. The lowest BCUT2D eigenvalue weighted by Gasteiger charge is -2.26. The average molecular weight is 409 g/mol. The van der Waals surface area contributed by atoms with Crippen LogP contribution < -0.4 is 10.7 Å². The summed E-state index contributed by atoms with van der Waals surface area (Å²) in [6.07, 6.45) is 1.28. The van der Waals surface area contributed by atoms with Gasteiger partial charge in [0.15, 0.2) is 0 Å². The first-order valence-electron chi connectivity index (χ1n) is 9.99. The monoisotopic (exact) mass is 409 g/mol. The Balaban J connectivity index is 1.57. The molecule has 2 N–H and O–H groups in total. The summed E-state index contributed by atoms with van der Waals surface area (Å²) in [5, 5.41) is 2.94. The maximum atomic E-state index is 14.6. The third-order valence-corrected chi connectivity index (χ3v) is 5.33. The molecule has 4 rings (SSSR count). The molecule has 3 aromatic rings. The molecular weight excluding hydrogens is 385 g/mol. The van der Waals surface area contributed by atoms with Crippen LogP contribution in [0, 0.1) is 12.7 Å². The largest absolute Gasteiger partial charge is 0.379 e. The van der Waals surface area contributed by atoms with Crippen LogP contribution in [0.15, 0.2) is 47.4 Å². The Hall–Kier alpha value is -3.03. The number of aromatic nitrogens is 1. The quantitative estimate of drug-likeness (QED) is 0.680. The third kappa shape index (κ3) is 4.42. The first-order chi connectivity index (χ1) is 14.5. The molecule has 1 saturated heterocycles. The summed E-state index contributed by atoms with van der Waals surface area (Å²) in [5.41, 5.74) is 2.37. The van der Waals surface area contributed by atoms with Crippen LogP contribution in [-0.4, -0.2) is 42.1 Å². The van der Waals surface area contributed by atoms with Crippen molar-refractivity contribution in [3.8, 4) is 0 Å². The lowest BCUT2D eigenvalue weighted by molar-refractivity contribution is 0.0342. The molecule has 1 fully saturated rings. The second-order valence-electron chi connectivity index (χ2n) is 7.59. The highest BCUT2D eigenvalue weighted by atomic mass is 19.1. The number of aromatic amines is 1. The van der Waals surface area contributed by atoms with E-state index in [4.69, 9.17) is 4.74 Å². The second-order valence-corrected chi connectivity index (χ2v) is 7.59. The topological polar surface area (TPSA) is 74.4 Å². The minimum atomic E-state index is -0.500. The number of nitrogens with zero attached hydrogens (tertiary/aromatic N) is 1. The third-order valence-electron chi connectivity index (χ3n) is 5.33. The van der Waals surface area contributed by atoms with Crippen LogP contribution in [0.1, 0.15) is 27.0 Å². The molecule has 2 aromatic carbocycles. The highest BCUT2D eigenvalue weighted by Gasteiger charge is 2.17. The SMILES string of the molecule is Cc1ccc(CNC(=O)c2c[nH]c3c(F)cc(CN4CCOCC4)cc3c2=O)cc1. The number of carbonyl (C=O) groups is 1. The molecule has 156 valence electrons. The maximum Gasteiger partial charge on any atom is 0.257 e. The van der Waals surface area contributed by atoms with Gasteiger partial charge in [0.05, 0.1) is 18.7 Å². The summed E-state index contributed by atoms with van der Waals surface area (Å²) in [7, 11) is 0. The van der Waals surface area contributed by atoms with Gasteiger partial charge >= 0.3 is 0 Å². The Labute approximate surface area is 173 Å². The van der Waals surface area contributed by atoms with Crippen molar-refractivity contribution in [1.82, 2.24) is 15.2 Å². The molecule has 0 bridgehead atoms. The van der Waals surface area contributed by atoms with Crippen molar-refractivity contribution in [2.75, 3.05) is 26.3 Å². The van der Waals surface area contributed by atoms with Gasteiger partial charge in [-0.05, 0) is 30.2 Å². The zero-order chi connectivity index (χ0) is 21.1. The van der Waals surface area contributed by atoms with Gasteiger partial charge in [-0.1, -0.05) is 29.8 Å². The van der Waals surface area contributed by atoms with Crippen molar-refractivity contribution in [3.63, 3.8) is 0 Å². The average Bonchev–Trinajstić information content (AvgIpc) is 2.75. The van der Waals surface area contributed by atoms with Crippen LogP contribution >= 0.6 is 0 Å². The van der Waals surface area contributed by atoms with E-state index in [9.17, 15) is 14.0 Å². The fourth-order valence-electron chi connectivity index (χ4n) is 3.60. The van der Waals surface area contributed by atoms with E-state index in [1.807, 2.05) is 31.2 Å². The van der Waals surface area contributed by atoms with Gasteiger partial charge in [-0.3, -0.25) is 14.5 Å². The van der Waals surface area contributed by atoms with Crippen molar-refractivity contribution in [2.45, 2.75) is 20.0 Å². The zero-order valence-electron chi connectivity index (χ0n) is 16.8.